The highest BCUT2D eigenvalue weighted by atomic mass is 19.1. The van der Waals surface area contributed by atoms with Gasteiger partial charge in [0.2, 0.25) is 0 Å². The fourth-order valence-corrected chi connectivity index (χ4v) is 1.83. The Morgan fingerprint density at radius 3 is 2.39 bits per heavy atom. The maximum absolute atomic E-state index is 12.8. The van der Waals surface area contributed by atoms with Crippen LogP contribution in [0, 0.1) is 5.82 Å². The Balaban J connectivity index is 1.78. The SMILES string of the molecule is CN(C)c1ccc(/C=N/NC(=O)CNc2ccc(F)cc2)cc1. The molecule has 0 spiro atoms. The molecule has 0 aliphatic carbocycles. The minimum absolute atomic E-state index is 0.0581. The van der Waals surface area contributed by atoms with Gasteiger partial charge in [-0.1, -0.05) is 12.1 Å². The number of hydrazone groups is 1. The van der Waals surface area contributed by atoms with Crippen LogP contribution in [0.1, 0.15) is 5.56 Å². The number of rotatable bonds is 6. The van der Waals surface area contributed by atoms with Crippen LogP contribution in [0.4, 0.5) is 15.8 Å². The molecule has 2 aromatic carbocycles. The second kappa shape index (κ2) is 7.93. The van der Waals surface area contributed by atoms with Crippen molar-refractivity contribution >= 4 is 23.5 Å². The molecule has 23 heavy (non-hydrogen) atoms. The number of benzene rings is 2. The molecule has 0 saturated carbocycles. The molecule has 5 nitrogen and oxygen atoms in total. The van der Waals surface area contributed by atoms with Gasteiger partial charge in [0.25, 0.3) is 5.91 Å². The number of hydrogen-bond donors (Lipinski definition) is 2. The van der Waals surface area contributed by atoms with Gasteiger partial charge in [-0.3, -0.25) is 4.79 Å². The minimum atomic E-state index is -0.315. The highest BCUT2D eigenvalue weighted by molar-refractivity contribution is 5.84. The van der Waals surface area contributed by atoms with Crippen molar-refractivity contribution in [2.75, 3.05) is 30.9 Å². The van der Waals surface area contributed by atoms with Crippen LogP contribution in [-0.2, 0) is 4.79 Å². The molecule has 0 unspecified atom stereocenters. The van der Waals surface area contributed by atoms with E-state index in [9.17, 15) is 9.18 Å². The third kappa shape index (κ3) is 5.43. The van der Waals surface area contributed by atoms with Gasteiger partial charge < -0.3 is 10.2 Å². The Hall–Kier alpha value is -2.89. The van der Waals surface area contributed by atoms with Gasteiger partial charge in [0.15, 0.2) is 0 Å². The summed E-state index contributed by atoms with van der Waals surface area (Å²) in [6.07, 6.45) is 1.58. The molecule has 0 aliphatic rings. The number of carbonyl (C=O) groups excluding carboxylic acids is 1. The summed E-state index contributed by atoms with van der Waals surface area (Å²) in [6, 6.07) is 13.6. The molecule has 1 amide bonds. The quantitative estimate of drug-likeness (QED) is 0.636. The van der Waals surface area contributed by atoms with Crippen LogP contribution in [0.25, 0.3) is 0 Å². The topological polar surface area (TPSA) is 56.7 Å². The van der Waals surface area contributed by atoms with E-state index in [1.54, 1.807) is 18.3 Å². The lowest BCUT2D eigenvalue weighted by Gasteiger charge is -2.11. The fourth-order valence-electron chi connectivity index (χ4n) is 1.83. The number of amides is 1. The molecule has 0 atom stereocenters. The van der Waals surface area contributed by atoms with Crippen LogP contribution in [0.5, 0.6) is 0 Å². The molecule has 0 heterocycles. The zero-order chi connectivity index (χ0) is 16.7. The van der Waals surface area contributed by atoms with Gasteiger partial charge in [-0.25, -0.2) is 9.82 Å². The second-order valence-electron chi connectivity index (χ2n) is 5.14. The number of anilines is 2. The molecule has 0 fully saturated rings. The maximum atomic E-state index is 12.8. The van der Waals surface area contributed by atoms with Crippen LogP contribution >= 0.6 is 0 Å². The van der Waals surface area contributed by atoms with E-state index in [0.717, 1.165) is 11.3 Å². The molecule has 0 bridgehead atoms. The summed E-state index contributed by atoms with van der Waals surface area (Å²) in [6.45, 7) is 0.0581. The van der Waals surface area contributed by atoms with Crippen LogP contribution in [-0.4, -0.2) is 32.8 Å². The zero-order valence-corrected chi connectivity index (χ0v) is 13.1. The van der Waals surface area contributed by atoms with Crippen molar-refractivity contribution in [3.63, 3.8) is 0 Å². The van der Waals surface area contributed by atoms with E-state index in [4.69, 9.17) is 0 Å². The van der Waals surface area contributed by atoms with E-state index in [2.05, 4.69) is 15.8 Å². The van der Waals surface area contributed by atoms with E-state index in [1.807, 2.05) is 43.3 Å². The van der Waals surface area contributed by atoms with Crippen molar-refractivity contribution in [3.8, 4) is 0 Å². The lowest BCUT2D eigenvalue weighted by atomic mass is 10.2. The highest BCUT2D eigenvalue weighted by Crippen LogP contribution is 2.10. The maximum Gasteiger partial charge on any atom is 0.259 e. The monoisotopic (exact) mass is 314 g/mol. The first-order valence-electron chi connectivity index (χ1n) is 7.13. The third-order valence-electron chi connectivity index (χ3n) is 3.11. The van der Waals surface area contributed by atoms with Gasteiger partial charge in [-0.2, -0.15) is 5.10 Å². The first-order chi connectivity index (χ1) is 11.0. The van der Waals surface area contributed by atoms with Gasteiger partial charge in [0.05, 0.1) is 12.8 Å². The van der Waals surface area contributed by atoms with E-state index in [-0.39, 0.29) is 18.3 Å². The number of nitrogens with one attached hydrogen (secondary N) is 2. The molecule has 2 rings (SSSR count). The highest BCUT2D eigenvalue weighted by Gasteiger charge is 2.00. The van der Waals surface area contributed by atoms with Crippen LogP contribution in [0.3, 0.4) is 0 Å². The third-order valence-corrected chi connectivity index (χ3v) is 3.11. The first kappa shape index (κ1) is 16.5. The molecule has 0 aromatic heterocycles. The van der Waals surface area contributed by atoms with Gasteiger partial charge in [-0.05, 0) is 42.0 Å². The van der Waals surface area contributed by atoms with Crippen LogP contribution in [0.2, 0.25) is 0 Å². The molecule has 0 radical (unpaired) electrons. The molecule has 6 heteroatoms. The van der Waals surface area contributed by atoms with Crippen molar-refractivity contribution in [3.05, 3.63) is 59.9 Å². The largest absolute Gasteiger partial charge is 0.378 e. The van der Waals surface area contributed by atoms with E-state index in [1.165, 1.54) is 12.1 Å². The molecule has 0 aliphatic heterocycles. The lowest BCUT2D eigenvalue weighted by Crippen LogP contribution is -2.25. The second-order valence-corrected chi connectivity index (χ2v) is 5.14. The summed E-state index contributed by atoms with van der Waals surface area (Å²) < 4.78 is 12.8. The van der Waals surface area contributed by atoms with Crippen LogP contribution < -0.4 is 15.6 Å². The number of halogens is 1. The standard InChI is InChI=1S/C17H19FN4O/c1-22(2)16-9-3-13(4-10-16)11-20-21-17(23)12-19-15-7-5-14(18)6-8-15/h3-11,19H,12H2,1-2H3,(H,21,23)/b20-11+. The van der Waals surface area contributed by atoms with Crippen molar-refractivity contribution in [2.24, 2.45) is 5.10 Å². The average molecular weight is 314 g/mol. The molecule has 120 valence electrons. The summed E-state index contributed by atoms with van der Waals surface area (Å²) in [5.74, 6) is -0.597. The Kier molecular flexibility index (Phi) is 5.68. The van der Waals surface area contributed by atoms with Gasteiger partial charge in [-0.15, -0.1) is 0 Å². The number of carbonyl (C=O) groups is 1. The Morgan fingerprint density at radius 1 is 1.13 bits per heavy atom. The molecule has 2 N–H and O–H groups in total. The summed E-state index contributed by atoms with van der Waals surface area (Å²) in [7, 11) is 3.94. The zero-order valence-electron chi connectivity index (χ0n) is 13.1. The van der Waals surface area contributed by atoms with Crippen molar-refractivity contribution in [1.82, 2.24) is 5.43 Å². The lowest BCUT2D eigenvalue weighted by molar-refractivity contribution is -0.119. The Bertz CT molecular complexity index is 666. The normalized spacial score (nSPS) is 10.6. The summed E-state index contributed by atoms with van der Waals surface area (Å²) in [5.41, 5.74) is 5.09. The predicted molar refractivity (Wildman–Crippen MR) is 91.4 cm³/mol. The van der Waals surface area contributed by atoms with Crippen molar-refractivity contribution in [2.45, 2.75) is 0 Å². The number of hydrogen-bond acceptors (Lipinski definition) is 4. The summed E-state index contributed by atoms with van der Waals surface area (Å²) >= 11 is 0. The minimum Gasteiger partial charge on any atom is -0.378 e. The van der Waals surface area contributed by atoms with Gasteiger partial charge >= 0.3 is 0 Å². The fraction of sp³-hybridized carbons (Fsp3) is 0.176. The Morgan fingerprint density at radius 2 is 1.78 bits per heavy atom. The molecular weight excluding hydrogens is 295 g/mol. The summed E-state index contributed by atoms with van der Waals surface area (Å²) in [5, 5.41) is 6.79. The van der Waals surface area contributed by atoms with Gasteiger partial charge in [0.1, 0.15) is 5.82 Å². The van der Waals surface area contributed by atoms with Crippen LogP contribution in [0.15, 0.2) is 53.6 Å². The Labute approximate surface area is 134 Å². The average Bonchev–Trinajstić information content (AvgIpc) is 2.55. The first-order valence-corrected chi connectivity index (χ1v) is 7.13. The smallest absolute Gasteiger partial charge is 0.259 e. The molecule has 0 saturated heterocycles. The van der Waals surface area contributed by atoms with E-state index < -0.39 is 0 Å². The van der Waals surface area contributed by atoms with E-state index >= 15 is 0 Å². The van der Waals surface area contributed by atoms with Gasteiger partial charge in [0, 0.05) is 25.5 Å². The summed E-state index contributed by atoms with van der Waals surface area (Å²) in [4.78, 5) is 13.7. The van der Waals surface area contributed by atoms with Crippen molar-refractivity contribution < 1.29 is 9.18 Å². The molecule has 2 aromatic rings. The van der Waals surface area contributed by atoms with Crippen molar-refractivity contribution in [1.29, 1.82) is 0 Å². The van der Waals surface area contributed by atoms with E-state index in [0.29, 0.717) is 5.69 Å². The predicted octanol–water partition coefficient (Wildman–Crippen LogP) is 2.45. The number of nitrogens with zero attached hydrogens (tertiary/aromatic N) is 2. The molecular formula is C17H19FN4O.